The zero-order chi connectivity index (χ0) is 22.4. The lowest BCUT2D eigenvalue weighted by Gasteiger charge is -2.09. The van der Waals surface area contributed by atoms with Gasteiger partial charge in [-0.15, -0.1) is 0 Å². The number of phenols is 1. The van der Waals surface area contributed by atoms with Gasteiger partial charge in [-0.1, -0.05) is 18.2 Å². The van der Waals surface area contributed by atoms with Crippen molar-refractivity contribution in [2.24, 2.45) is 4.99 Å². The number of carboxylic acid groups (broad SMARTS) is 1. The molecule has 31 heavy (non-hydrogen) atoms. The van der Waals surface area contributed by atoms with E-state index >= 15 is 0 Å². The minimum absolute atomic E-state index is 0.0808. The van der Waals surface area contributed by atoms with Crippen molar-refractivity contribution in [1.29, 1.82) is 0 Å². The average molecular weight is 419 g/mol. The molecule has 0 saturated heterocycles. The van der Waals surface area contributed by atoms with Crippen molar-refractivity contribution in [2.45, 2.75) is 19.9 Å². The molecular weight excluding hydrogens is 398 g/mol. The Balaban J connectivity index is 0.000000628. The number of aromatic nitrogens is 2. The van der Waals surface area contributed by atoms with Gasteiger partial charge in [-0.25, -0.2) is 4.98 Å². The molecule has 5 N–H and O–H groups in total. The summed E-state index contributed by atoms with van der Waals surface area (Å²) in [6, 6.07) is 14.2. The van der Waals surface area contributed by atoms with E-state index in [9.17, 15) is 9.90 Å². The fourth-order valence-corrected chi connectivity index (χ4v) is 3.03. The van der Waals surface area contributed by atoms with Crippen LogP contribution in [-0.2, 0) is 22.6 Å². The summed E-state index contributed by atoms with van der Waals surface area (Å²) in [5, 5.41) is 20.2. The number of anilines is 3. The number of ketones is 1. The second-order valence-electron chi connectivity index (χ2n) is 6.75. The van der Waals surface area contributed by atoms with Gasteiger partial charge in [0.15, 0.2) is 5.78 Å². The van der Waals surface area contributed by atoms with Gasteiger partial charge >= 0.3 is 0 Å². The Bertz CT molecular complexity index is 1160. The van der Waals surface area contributed by atoms with Crippen LogP contribution in [0.25, 0.3) is 0 Å². The summed E-state index contributed by atoms with van der Waals surface area (Å²) >= 11 is 0. The summed E-state index contributed by atoms with van der Waals surface area (Å²) in [6.07, 6.45) is 1.76. The number of carbonyl (C=O) groups is 2. The van der Waals surface area contributed by atoms with Gasteiger partial charge in [0.05, 0.1) is 6.54 Å². The summed E-state index contributed by atoms with van der Waals surface area (Å²) in [4.78, 5) is 34.1. The number of aliphatic imine (C=N–C) groups is 1. The molecule has 9 nitrogen and oxygen atoms in total. The normalized spacial score (nSPS) is 11.6. The van der Waals surface area contributed by atoms with Crippen LogP contribution >= 0.6 is 0 Å². The smallest absolute Gasteiger partial charge is 0.300 e. The van der Waals surface area contributed by atoms with Crippen LogP contribution in [-0.4, -0.2) is 37.6 Å². The summed E-state index contributed by atoms with van der Waals surface area (Å²) < 4.78 is 0. The molecule has 0 atom stereocenters. The number of nitrogens with two attached hydrogens (primary N) is 1. The van der Waals surface area contributed by atoms with Crippen LogP contribution in [0.3, 0.4) is 0 Å². The Labute approximate surface area is 178 Å². The van der Waals surface area contributed by atoms with Gasteiger partial charge in [0.25, 0.3) is 5.97 Å². The van der Waals surface area contributed by atoms with E-state index in [1.165, 1.54) is 0 Å². The number of hydrogen-bond donors (Lipinski definition) is 4. The molecule has 1 aliphatic heterocycles. The van der Waals surface area contributed by atoms with Crippen molar-refractivity contribution in [2.75, 3.05) is 11.1 Å². The SMILES string of the molecule is CC(=O)O.Nc1nccc(Nc2ccc3c(c2)C(C(=O)Cc2cccc(O)c2)=NC3)n1. The first-order chi connectivity index (χ1) is 14.8. The molecule has 9 heteroatoms. The van der Waals surface area contributed by atoms with Gasteiger partial charge in [-0.2, -0.15) is 4.98 Å². The Morgan fingerprint density at radius 3 is 2.65 bits per heavy atom. The number of carbonyl (C=O) groups excluding carboxylic acids is 1. The molecule has 0 fully saturated rings. The maximum absolute atomic E-state index is 12.7. The highest BCUT2D eigenvalue weighted by Crippen LogP contribution is 2.26. The summed E-state index contributed by atoms with van der Waals surface area (Å²) in [6.45, 7) is 1.57. The molecule has 0 radical (unpaired) electrons. The number of nitrogens with zero attached hydrogens (tertiary/aromatic N) is 3. The molecule has 3 aromatic rings. The van der Waals surface area contributed by atoms with E-state index in [1.54, 1.807) is 30.5 Å². The maximum Gasteiger partial charge on any atom is 0.300 e. The highest BCUT2D eigenvalue weighted by molar-refractivity contribution is 6.47. The van der Waals surface area contributed by atoms with Crippen LogP contribution in [0.2, 0.25) is 0 Å². The first-order valence-electron chi connectivity index (χ1n) is 9.36. The predicted octanol–water partition coefficient (Wildman–Crippen LogP) is 2.71. The fourth-order valence-electron chi connectivity index (χ4n) is 3.03. The number of rotatable bonds is 5. The van der Waals surface area contributed by atoms with Crippen LogP contribution in [0.4, 0.5) is 17.5 Å². The minimum atomic E-state index is -0.833. The standard InChI is InChI=1S/C20H17N5O2.C2H4O2/c21-20-22-7-6-18(25-20)24-14-5-4-13-11-23-19(16(13)10-14)17(27)9-12-2-1-3-15(26)8-12;1-2(3)4/h1-8,10,26H,9,11H2,(H3,21,22,24,25);1H3,(H,3,4). The minimum Gasteiger partial charge on any atom is -0.508 e. The molecule has 0 bridgehead atoms. The molecule has 1 aliphatic rings. The number of carboxylic acids is 1. The zero-order valence-electron chi connectivity index (χ0n) is 16.7. The first-order valence-corrected chi connectivity index (χ1v) is 9.36. The quantitative estimate of drug-likeness (QED) is 0.493. The van der Waals surface area contributed by atoms with Crippen molar-refractivity contribution in [3.05, 3.63) is 71.4 Å². The summed E-state index contributed by atoms with van der Waals surface area (Å²) in [7, 11) is 0. The number of Topliss-reactive ketones (excluding diaryl/α,β-unsaturated/α-hetero) is 1. The summed E-state index contributed by atoms with van der Waals surface area (Å²) in [5.74, 6) is -0.0119. The number of benzene rings is 2. The van der Waals surface area contributed by atoms with E-state index in [4.69, 9.17) is 15.6 Å². The molecule has 0 spiro atoms. The van der Waals surface area contributed by atoms with Gasteiger partial charge < -0.3 is 21.3 Å². The molecule has 1 aromatic heterocycles. The van der Waals surface area contributed by atoms with Gasteiger partial charge in [0.2, 0.25) is 5.95 Å². The number of fused-ring (bicyclic) bond motifs is 1. The van der Waals surface area contributed by atoms with Crippen molar-refractivity contribution >= 4 is 34.9 Å². The Morgan fingerprint density at radius 2 is 1.94 bits per heavy atom. The van der Waals surface area contributed by atoms with E-state index in [2.05, 4.69) is 20.3 Å². The lowest BCUT2D eigenvalue weighted by molar-refractivity contribution is -0.134. The van der Waals surface area contributed by atoms with E-state index < -0.39 is 5.97 Å². The van der Waals surface area contributed by atoms with Crippen LogP contribution in [0.15, 0.2) is 59.7 Å². The number of hydrogen-bond acceptors (Lipinski definition) is 8. The maximum atomic E-state index is 12.7. The molecule has 158 valence electrons. The van der Waals surface area contributed by atoms with E-state index in [-0.39, 0.29) is 23.9 Å². The van der Waals surface area contributed by atoms with E-state index in [1.807, 2.05) is 24.3 Å². The van der Waals surface area contributed by atoms with Crippen LogP contribution in [0.1, 0.15) is 23.6 Å². The molecule has 4 rings (SSSR count). The Hall–Kier alpha value is -4.27. The number of nitrogen functional groups attached to an aromatic ring is 1. The van der Waals surface area contributed by atoms with Gasteiger partial charge in [-0.3, -0.25) is 14.6 Å². The van der Waals surface area contributed by atoms with Gasteiger partial charge in [0, 0.05) is 30.8 Å². The second kappa shape index (κ2) is 9.49. The average Bonchev–Trinajstić information content (AvgIpc) is 3.11. The van der Waals surface area contributed by atoms with Crippen molar-refractivity contribution in [3.63, 3.8) is 0 Å². The van der Waals surface area contributed by atoms with Gasteiger partial charge in [0.1, 0.15) is 17.3 Å². The second-order valence-corrected chi connectivity index (χ2v) is 6.75. The molecule has 2 aromatic carbocycles. The predicted molar refractivity (Wildman–Crippen MR) is 117 cm³/mol. The van der Waals surface area contributed by atoms with Crippen molar-refractivity contribution in [3.8, 4) is 5.75 Å². The van der Waals surface area contributed by atoms with Crippen molar-refractivity contribution in [1.82, 2.24) is 9.97 Å². The van der Waals surface area contributed by atoms with E-state index in [0.717, 1.165) is 29.3 Å². The number of aliphatic carboxylic acids is 1. The fraction of sp³-hybridized carbons (Fsp3) is 0.136. The molecule has 0 aliphatic carbocycles. The summed E-state index contributed by atoms with van der Waals surface area (Å²) in [5.41, 5.74) is 9.41. The topological polar surface area (TPSA) is 151 Å². The number of aromatic hydroxyl groups is 1. The molecule has 0 unspecified atom stereocenters. The first kappa shape index (κ1) is 21.4. The highest BCUT2D eigenvalue weighted by Gasteiger charge is 2.22. The molecule has 2 heterocycles. The van der Waals surface area contributed by atoms with Crippen LogP contribution in [0, 0.1) is 0 Å². The molecule has 0 amide bonds. The highest BCUT2D eigenvalue weighted by atomic mass is 16.4. The number of phenolic OH excluding ortho intramolecular Hbond substituents is 1. The molecular formula is C22H21N5O4. The van der Waals surface area contributed by atoms with Crippen LogP contribution < -0.4 is 11.1 Å². The van der Waals surface area contributed by atoms with E-state index in [0.29, 0.717) is 18.1 Å². The third-order valence-electron chi connectivity index (χ3n) is 4.26. The number of nitrogens with one attached hydrogen (secondary N) is 1. The largest absolute Gasteiger partial charge is 0.508 e. The monoisotopic (exact) mass is 419 g/mol. The third kappa shape index (κ3) is 5.86. The van der Waals surface area contributed by atoms with Crippen molar-refractivity contribution < 1.29 is 19.8 Å². The Morgan fingerprint density at radius 1 is 1.16 bits per heavy atom. The Kier molecular flexibility index (Phi) is 6.56. The lowest BCUT2D eigenvalue weighted by Crippen LogP contribution is -2.16. The lowest BCUT2D eigenvalue weighted by atomic mass is 9.98. The molecule has 0 saturated carbocycles. The third-order valence-corrected chi connectivity index (χ3v) is 4.26. The van der Waals surface area contributed by atoms with Crippen LogP contribution in [0.5, 0.6) is 5.75 Å². The van der Waals surface area contributed by atoms with Gasteiger partial charge in [-0.05, 0) is 41.5 Å². The zero-order valence-corrected chi connectivity index (χ0v) is 16.7.